The molecule has 0 spiro atoms. The number of ether oxygens (including phenoxy) is 1. The standard InChI is InChI=1S/C8H17NO2/c1-5-11-8(10)7(2)6-9(3)4/h7H,5-6H2,1-4H3/t7-/m0/s1. The topological polar surface area (TPSA) is 29.5 Å². The molecule has 3 nitrogen and oxygen atoms in total. The average Bonchev–Trinajstić information content (AvgIpc) is 1.86. The van der Waals surface area contributed by atoms with Gasteiger partial charge >= 0.3 is 5.97 Å². The van der Waals surface area contributed by atoms with Crippen molar-refractivity contribution in [2.24, 2.45) is 5.92 Å². The van der Waals surface area contributed by atoms with Crippen LogP contribution >= 0.6 is 0 Å². The Bertz CT molecular complexity index is 123. The Morgan fingerprint density at radius 3 is 2.45 bits per heavy atom. The van der Waals surface area contributed by atoms with Gasteiger partial charge in [-0.1, -0.05) is 6.92 Å². The van der Waals surface area contributed by atoms with Crippen LogP contribution in [0, 0.1) is 5.92 Å². The van der Waals surface area contributed by atoms with E-state index >= 15 is 0 Å². The summed E-state index contributed by atoms with van der Waals surface area (Å²) in [6, 6.07) is 0. The molecule has 0 heterocycles. The van der Waals surface area contributed by atoms with E-state index < -0.39 is 0 Å². The lowest BCUT2D eigenvalue weighted by Crippen LogP contribution is -2.27. The first-order valence-corrected chi connectivity index (χ1v) is 3.89. The summed E-state index contributed by atoms with van der Waals surface area (Å²) >= 11 is 0. The van der Waals surface area contributed by atoms with Gasteiger partial charge in [0.05, 0.1) is 12.5 Å². The molecule has 0 aliphatic rings. The van der Waals surface area contributed by atoms with Crippen molar-refractivity contribution in [1.29, 1.82) is 0 Å². The van der Waals surface area contributed by atoms with E-state index in [1.807, 2.05) is 32.8 Å². The van der Waals surface area contributed by atoms with E-state index in [-0.39, 0.29) is 11.9 Å². The Morgan fingerprint density at radius 1 is 1.55 bits per heavy atom. The van der Waals surface area contributed by atoms with E-state index in [2.05, 4.69) is 0 Å². The Labute approximate surface area is 68.3 Å². The summed E-state index contributed by atoms with van der Waals surface area (Å²) in [7, 11) is 3.88. The van der Waals surface area contributed by atoms with Crippen LogP contribution in [0.1, 0.15) is 13.8 Å². The molecule has 0 aliphatic heterocycles. The normalized spacial score (nSPS) is 13.2. The second kappa shape index (κ2) is 5.13. The number of carbonyl (C=O) groups excluding carboxylic acids is 1. The van der Waals surface area contributed by atoms with Crippen LogP contribution in [0.3, 0.4) is 0 Å². The monoisotopic (exact) mass is 159 g/mol. The molecule has 0 aromatic rings. The third-order valence-electron chi connectivity index (χ3n) is 1.33. The van der Waals surface area contributed by atoms with Gasteiger partial charge in [0.15, 0.2) is 0 Å². The van der Waals surface area contributed by atoms with Crippen LogP contribution in [-0.4, -0.2) is 38.1 Å². The number of esters is 1. The summed E-state index contributed by atoms with van der Waals surface area (Å²) in [6.07, 6.45) is 0. The number of hydrogen-bond donors (Lipinski definition) is 0. The maximum Gasteiger partial charge on any atom is 0.309 e. The zero-order valence-corrected chi connectivity index (χ0v) is 7.76. The summed E-state index contributed by atoms with van der Waals surface area (Å²) in [5, 5.41) is 0. The molecule has 0 rings (SSSR count). The van der Waals surface area contributed by atoms with E-state index in [1.165, 1.54) is 0 Å². The van der Waals surface area contributed by atoms with Crippen LogP contribution in [0.15, 0.2) is 0 Å². The van der Waals surface area contributed by atoms with E-state index in [0.29, 0.717) is 6.61 Å². The lowest BCUT2D eigenvalue weighted by atomic mass is 10.2. The fourth-order valence-electron chi connectivity index (χ4n) is 0.907. The van der Waals surface area contributed by atoms with Crippen LogP contribution in [0.4, 0.5) is 0 Å². The van der Waals surface area contributed by atoms with Crippen molar-refractivity contribution < 1.29 is 9.53 Å². The summed E-state index contributed by atoms with van der Waals surface area (Å²) < 4.78 is 4.84. The number of rotatable bonds is 4. The van der Waals surface area contributed by atoms with Gasteiger partial charge in [0.1, 0.15) is 0 Å². The second-order valence-corrected chi connectivity index (χ2v) is 2.92. The molecule has 0 bridgehead atoms. The molecule has 0 unspecified atom stereocenters. The van der Waals surface area contributed by atoms with Gasteiger partial charge in [0.25, 0.3) is 0 Å². The van der Waals surface area contributed by atoms with Crippen LogP contribution in [0.5, 0.6) is 0 Å². The minimum atomic E-state index is -0.110. The summed E-state index contributed by atoms with van der Waals surface area (Å²) in [5.74, 6) is -0.133. The van der Waals surface area contributed by atoms with Crippen molar-refractivity contribution in [3.63, 3.8) is 0 Å². The smallest absolute Gasteiger partial charge is 0.309 e. The molecule has 3 heteroatoms. The molecule has 0 aromatic carbocycles. The molecule has 0 saturated heterocycles. The van der Waals surface area contributed by atoms with Crippen LogP contribution < -0.4 is 0 Å². The first-order chi connectivity index (χ1) is 5.07. The lowest BCUT2D eigenvalue weighted by Gasteiger charge is -2.14. The summed E-state index contributed by atoms with van der Waals surface area (Å²) in [5.41, 5.74) is 0. The molecule has 0 aromatic heterocycles. The molecule has 0 saturated carbocycles. The van der Waals surface area contributed by atoms with Gasteiger partial charge in [-0.05, 0) is 21.0 Å². The fraction of sp³-hybridized carbons (Fsp3) is 0.875. The predicted octanol–water partition coefficient (Wildman–Crippen LogP) is 0.747. The van der Waals surface area contributed by atoms with Crippen LogP contribution in [-0.2, 0) is 9.53 Å². The predicted molar refractivity (Wildman–Crippen MR) is 44.4 cm³/mol. The molecule has 0 N–H and O–H groups in total. The maximum absolute atomic E-state index is 11.0. The van der Waals surface area contributed by atoms with E-state index in [0.717, 1.165) is 6.54 Å². The highest BCUT2D eigenvalue weighted by atomic mass is 16.5. The highest BCUT2D eigenvalue weighted by molar-refractivity contribution is 5.72. The number of nitrogens with zero attached hydrogens (tertiary/aromatic N) is 1. The molecule has 11 heavy (non-hydrogen) atoms. The van der Waals surface area contributed by atoms with Crippen molar-refractivity contribution in [1.82, 2.24) is 4.90 Å². The molecule has 1 atom stereocenters. The largest absolute Gasteiger partial charge is 0.466 e. The quantitative estimate of drug-likeness (QED) is 0.567. The Balaban J connectivity index is 3.64. The Morgan fingerprint density at radius 2 is 2.09 bits per heavy atom. The summed E-state index contributed by atoms with van der Waals surface area (Å²) in [6.45, 7) is 4.91. The minimum Gasteiger partial charge on any atom is -0.466 e. The highest BCUT2D eigenvalue weighted by Gasteiger charge is 2.13. The van der Waals surface area contributed by atoms with Gasteiger partial charge in [0.2, 0.25) is 0 Å². The van der Waals surface area contributed by atoms with E-state index in [9.17, 15) is 4.79 Å². The third-order valence-corrected chi connectivity index (χ3v) is 1.33. The minimum absolute atomic E-state index is 0.0232. The fourth-order valence-corrected chi connectivity index (χ4v) is 0.907. The van der Waals surface area contributed by atoms with E-state index in [4.69, 9.17) is 4.74 Å². The van der Waals surface area contributed by atoms with Crippen molar-refractivity contribution >= 4 is 5.97 Å². The molecular weight excluding hydrogens is 142 g/mol. The van der Waals surface area contributed by atoms with Gasteiger partial charge in [-0.3, -0.25) is 4.79 Å². The first kappa shape index (κ1) is 10.4. The Kier molecular flexibility index (Phi) is 4.86. The lowest BCUT2D eigenvalue weighted by molar-refractivity contribution is -0.147. The van der Waals surface area contributed by atoms with Gasteiger partial charge in [0, 0.05) is 6.54 Å². The molecular formula is C8H17NO2. The zero-order valence-electron chi connectivity index (χ0n) is 7.76. The molecule has 0 amide bonds. The van der Waals surface area contributed by atoms with Crippen molar-refractivity contribution in [3.8, 4) is 0 Å². The maximum atomic E-state index is 11.0. The molecule has 66 valence electrons. The van der Waals surface area contributed by atoms with Gasteiger partial charge in [-0.2, -0.15) is 0 Å². The molecule has 0 radical (unpaired) electrons. The zero-order chi connectivity index (χ0) is 8.85. The summed E-state index contributed by atoms with van der Waals surface area (Å²) in [4.78, 5) is 13.0. The molecule has 0 aliphatic carbocycles. The van der Waals surface area contributed by atoms with Gasteiger partial charge < -0.3 is 9.64 Å². The number of hydrogen-bond acceptors (Lipinski definition) is 3. The molecule has 0 fully saturated rings. The van der Waals surface area contributed by atoms with Crippen LogP contribution in [0.25, 0.3) is 0 Å². The highest BCUT2D eigenvalue weighted by Crippen LogP contribution is 1.99. The third kappa shape index (κ3) is 4.79. The van der Waals surface area contributed by atoms with Crippen LogP contribution in [0.2, 0.25) is 0 Å². The average molecular weight is 159 g/mol. The van der Waals surface area contributed by atoms with Crippen molar-refractivity contribution in [2.75, 3.05) is 27.2 Å². The SMILES string of the molecule is CCOC(=O)[C@@H](C)CN(C)C. The van der Waals surface area contributed by atoms with Crippen molar-refractivity contribution in [2.45, 2.75) is 13.8 Å². The number of carbonyl (C=O) groups is 1. The second-order valence-electron chi connectivity index (χ2n) is 2.92. The van der Waals surface area contributed by atoms with Crippen molar-refractivity contribution in [3.05, 3.63) is 0 Å². The van der Waals surface area contributed by atoms with Gasteiger partial charge in [-0.25, -0.2) is 0 Å². The van der Waals surface area contributed by atoms with Gasteiger partial charge in [-0.15, -0.1) is 0 Å². The first-order valence-electron chi connectivity index (χ1n) is 3.89. The Hall–Kier alpha value is -0.570. The van der Waals surface area contributed by atoms with E-state index in [1.54, 1.807) is 0 Å².